The first-order chi connectivity index (χ1) is 16.9. The molecule has 9 heteroatoms. The fraction of sp³-hybridized carbons (Fsp3) is 0.154. The molecule has 2 atom stereocenters. The number of nitrogens with zero attached hydrogens (tertiary/aromatic N) is 1. The second kappa shape index (κ2) is 11.0. The SMILES string of the molecule is COC(=O)[C@@H](NCc1ccccc1)[C@@H](NS(=O)(=O)c1cccc2cccnc12)c1ccc(Cl)cc1. The summed E-state index contributed by atoms with van der Waals surface area (Å²) in [6, 6.07) is 22.6. The third-order valence-corrected chi connectivity index (χ3v) is 7.28. The molecule has 0 fully saturated rings. The molecular weight excluding hydrogens is 486 g/mol. The van der Waals surface area contributed by atoms with Crippen LogP contribution in [0.15, 0.2) is 96.0 Å². The van der Waals surface area contributed by atoms with Crippen LogP contribution in [0.2, 0.25) is 5.02 Å². The third kappa shape index (κ3) is 5.86. The molecule has 0 aliphatic rings. The lowest BCUT2D eigenvalue weighted by molar-refractivity contribution is -0.143. The van der Waals surface area contributed by atoms with Gasteiger partial charge in [0.05, 0.1) is 18.7 Å². The molecule has 1 aromatic heterocycles. The van der Waals surface area contributed by atoms with Crippen LogP contribution in [0.5, 0.6) is 0 Å². The van der Waals surface area contributed by atoms with E-state index in [2.05, 4.69) is 15.0 Å². The largest absolute Gasteiger partial charge is 0.468 e. The monoisotopic (exact) mass is 509 g/mol. The summed E-state index contributed by atoms with van der Waals surface area (Å²) < 4.78 is 35.0. The van der Waals surface area contributed by atoms with Gasteiger partial charge < -0.3 is 4.74 Å². The number of carbonyl (C=O) groups is 1. The van der Waals surface area contributed by atoms with Crippen molar-refractivity contribution >= 4 is 38.5 Å². The fourth-order valence-electron chi connectivity index (χ4n) is 3.81. The van der Waals surface area contributed by atoms with Crippen LogP contribution in [-0.2, 0) is 26.1 Å². The van der Waals surface area contributed by atoms with Crippen LogP contribution < -0.4 is 10.0 Å². The van der Waals surface area contributed by atoms with Crippen LogP contribution in [0.25, 0.3) is 10.9 Å². The number of nitrogens with one attached hydrogen (secondary N) is 2. The highest BCUT2D eigenvalue weighted by molar-refractivity contribution is 7.89. The number of ether oxygens (including phenoxy) is 1. The highest BCUT2D eigenvalue weighted by Gasteiger charge is 2.34. The van der Waals surface area contributed by atoms with Gasteiger partial charge in [0.2, 0.25) is 10.0 Å². The van der Waals surface area contributed by atoms with Crippen LogP contribution in [0.3, 0.4) is 0 Å². The number of esters is 1. The second-order valence-corrected chi connectivity index (χ2v) is 9.97. The number of halogens is 1. The van der Waals surface area contributed by atoms with Crippen LogP contribution >= 0.6 is 11.6 Å². The number of aromatic nitrogens is 1. The number of benzene rings is 3. The fourth-order valence-corrected chi connectivity index (χ4v) is 5.35. The molecule has 0 aliphatic heterocycles. The van der Waals surface area contributed by atoms with E-state index in [1.54, 1.807) is 48.5 Å². The standard InChI is InChI=1S/C26H24ClN3O4S/c1-34-26(31)25(29-17-18-7-3-2-4-8-18)24(20-12-14-21(27)15-13-20)30-35(32,33)22-11-5-9-19-10-6-16-28-23(19)22/h2-16,24-25,29-30H,17H2,1H3/t24-,25-/m0/s1. The molecule has 0 spiro atoms. The molecule has 2 N–H and O–H groups in total. The Morgan fingerprint density at radius 2 is 1.69 bits per heavy atom. The summed E-state index contributed by atoms with van der Waals surface area (Å²) in [6.45, 7) is 0.322. The molecule has 7 nitrogen and oxygen atoms in total. The molecule has 0 unspecified atom stereocenters. The summed E-state index contributed by atoms with van der Waals surface area (Å²) in [5.74, 6) is -0.611. The minimum Gasteiger partial charge on any atom is -0.468 e. The number of hydrogen-bond acceptors (Lipinski definition) is 6. The molecule has 4 rings (SSSR count). The van der Waals surface area contributed by atoms with Crippen molar-refractivity contribution < 1.29 is 17.9 Å². The summed E-state index contributed by atoms with van der Waals surface area (Å²) in [5, 5.41) is 4.33. The molecular formula is C26H24ClN3O4S. The van der Waals surface area contributed by atoms with E-state index in [1.165, 1.54) is 19.4 Å². The lowest BCUT2D eigenvalue weighted by atomic mass is 10.00. The molecule has 1 heterocycles. The highest BCUT2D eigenvalue weighted by atomic mass is 35.5. The Morgan fingerprint density at radius 3 is 2.40 bits per heavy atom. The van der Waals surface area contributed by atoms with Crippen molar-refractivity contribution in [2.75, 3.05) is 7.11 Å². The van der Waals surface area contributed by atoms with Gasteiger partial charge in [0.1, 0.15) is 10.9 Å². The van der Waals surface area contributed by atoms with E-state index >= 15 is 0 Å². The van der Waals surface area contributed by atoms with Crippen LogP contribution in [0, 0.1) is 0 Å². The summed E-state index contributed by atoms with van der Waals surface area (Å²) in [7, 11) is -2.84. The molecule has 0 radical (unpaired) electrons. The number of hydrogen-bond donors (Lipinski definition) is 2. The smallest absolute Gasteiger partial charge is 0.324 e. The predicted octanol–water partition coefficient (Wildman–Crippen LogP) is 4.24. The van der Waals surface area contributed by atoms with E-state index in [-0.39, 0.29) is 4.90 Å². The molecule has 0 saturated heterocycles. The average Bonchev–Trinajstić information content (AvgIpc) is 2.88. The third-order valence-electron chi connectivity index (χ3n) is 5.55. The molecule has 180 valence electrons. The number of pyridine rings is 1. The minimum atomic E-state index is -4.11. The molecule has 0 amide bonds. The summed E-state index contributed by atoms with van der Waals surface area (Å²) in [4.78, 5) is 17.2. The Labute approximate surface area is 209 Å². The number of carbonyl (C=O) groups excluding carboxylic acids is 1. The van der Waals surface area contributed by atoms with E-state index in [0.29, 0.717) is 28.0 Å². The lowest BCUT2D eigenvalue weighted by Crippen LogP contribution is -2.48. The van der Waals surface area contributed by atoms with E-state index in [4.69, 9.17) is 16.3 Å². The molecule has 0 saturated carbocycles. The Kier molecular flexibility index (Phi) is 7.77. The van der Waals surface area contributed by atoms with Gasteiger partial charge in [-0.15, -0.1) is 0 Å². The molecule has 3 aromatic carbocycles. The quantitative estimate of drug-likeness (QED) is 0.327. The maximum Gasteiger partial charge on any atom is 0.324 e. The first-order valence-electron chi connectivity index (χ1n) is 10.9. The normalized spacial score (nSPS) is 13.3. The van der Waals surface area contributed by atoms with Gasteiger partial charge in [0.15, 0.2) is 0 Å². The van der Waals surface area contributed by atoms with Crippen molar-refractivity contribution in [3.63, 3.8) is 0 Å². The topological polar surface area (TPSA) is 97.4 Å². The summed E-state index contributed by atoms with van der Waals surface area (Å²) >= 11 is 6.07. The van der Waals surface area contributed by atoms with Gasteiger partial charge in [-0.2, -0.15) is 0 Å². The van der Waals surface area contributed by atoms with Crippen LogP contribution in [0.4, 0.5) is 0 Å². The lowest BCUT2D eigenvalue weighted by Gasteiger charge is -2.27. The summed E-state index contributed by atoms with van der Waals surface area (Å²) in [6.07, 6.45) is 1.54. The van der Waals surface area contributed by atoms with Gasteiger partial charge in [-0.1, -0.05) is 72.3 Å². The Balaban J connectivity index is 1.75. The van der Waals surface area contributed by atoms with Gasteiger partial charge in [0, 0.05) is 23.2 Å². The first-order valence-corrected chi connectivity index (χ1v) is 12.7. The van der Waals surface area contributed by atoms with E-state index < -0.39 is 28.1 Å². The molecule has 35 heavy (non-hydrogen) atoms. The van der Waals surface area contributed by atoms with E-state index in [1.807, 2.05) is 30.3 Å². The van der Waals surface area contributed by atoms with Crippen molar-refractivity contribution in [3.8, 4) is 0 Å². The maximum absolute atomic E-state index is 13.6. The Morgan fingerprint density at radius 1 is 0.971 bits per heavy atom. The van der Waals surface area contributed by atoms with Crippen LogP contribution in [-0.4, -0.2) is 32.5 Å². The predicted molar refractivity (Wildman–Crippen MR) is 135 cm³/mol. The van der Waals surface area contributed by atoms with Gasteiger partial charge in [-0.3, -0.25) is 15.1 Å². The highest BCUT2D eigenvalue weighted by Crippen LogP contribution is 2.26. The molecule has 4 aromatic rings. The van der Waals surface area contributed by atoms with Gasteiger partial charge in [-0.25, -0.2) is 13.1 Å². The minimum absolute atomic E-state index is 0.0150. The molecule has 0 bridgehead atoms. The number of sulfonamides is 1. The van der Waals surface area contributed by atoms with Gasteiger partial charge in [0.25, 0.3) is 0 Å². The van der Waals surface area contributed by atoms with Gasteiger partial charge >= 0.3 is 5.97 Å². The number of fused-ring (bicyclic) bond motifs is 1. The average molecular weight is 510 g/mol. The van der Waals surface area contributed by atoms with Crippen molar-refractivity contribution in [2.24, 2.45) is 0 Å². The first kappa shape index (κ1) is 24.8. The number of methoxy groups -OCH3 is 1. The van der Waals surface area contributed by atoms with Crippen molar-refractivity contribution in [3.05, 3.63) is 107 Å². The van der Waals surface area contributed by atoms with Crippen molar-refractivity contribution in [1.29, 1.82) is 0 Å². The Bertz CT molecular complexity index is 1410. The van der Waals surface area contributed by atoms with Gasteiger partial charge in [-0.05, 0) is 35.4 Å². The Hall–Kier alpha value is -3.30. The number of para-hydroxylation sites is 1. The van der Waals surface area contributed by atoms with Crippen molar-refractivity contribution in [1.82, 2.24) is 15.0 Å². The zero-order chi connectivity index (χ0) is 24.8. The van der Waals surface area contributed by atoms with E-state index in [0.717, 1.165) is 5.56 Å². The zero-order valence-corrected chi connectivity index (χ0v) is 20.5. The maximum atomic E-state index is 13.6. The summed E-state index contributed by atoms with van der Waals surface area (Å²) in [5.41, 5.74) is 1.81. The van der Waals surface area contributed by atoms with Crippen molar-refractivity contribution in [2.45, 2.75) is 23.5 Å². The second-order valence-electron chi connectivity index (χ2n) is 7.85. The van der Waals surface area contributed by atoms with E-state index in [9.17, 15) is 13.2 Å². The zero-order valence-electron chi connectivity index (χ0n) is 18.9. The number of rotatable bonds is 9. The van der Waals surface area contributed by atoms with Crippen LogP contribution in [0.1, 0.15) is 17.2 Å². The molecule has 0 aliphatic carbocycles.